The molecule has 1 unspecified atom stereocenters. The monoisotopic (exact) mass is 482 g/mol. The summed E-state index contributed by atoms with van der Waals surface area (Å²) in [4.78, 5) is 66.0. The van der Waals surface area contributed by atoms with Crippen molar-refractivity contribution < 1.29 is 29.1 Å². The molecule has 0 aliphatic carbocycles. The Morgan fingerprint density at radius 3 is 2.43 bits per heavy atom. The lowest BCUT2D eigenvalue weighted by Gasteiger charge is -2.54. The number of carboxylic acid groups (broad SMARTS) is 1. The van der Waals surface area contributed by atoms with Crippen molar-refractivity contribution in [2.24, 2.45) is 5.41 Å². The topological polar surface area (TPSA) is 127 Å². The van der Waals surface area contributed by atoms with Gasteiger partial charge in [-0.25, -0.2) is 0 Å². The molecule has 1 spiro atoms. The number of benzene rings is 1. The van der Waals surface area contributed by atoms with Gasteiger partial charge < -0.3 is 14.9 Å². The largest absolute Gasteiger partial charge is 0.481 e. The highest BCUT2D eigenvalue weighted by Crippen LogP contribution is 2.42. The molecule has 186 valence electrons. The van der Waals surface area contributed by atoms with E-state index in [4.69, 9.17) is 5.11 Å². The summed E-state index contributed by atoms with van der Waals surface area (Å²) in [5.74, 6) is -2.69. The zero-order valence-corrected chi connectivity index (χ0v) is 19.6. The minimum Gasteiger partial charge on any atom is -0.481 e. The number of piperidine rings is 2. The van der Waals surface area contributed by atoms with Crippen molar-refractivity contribution in [1.29, 1.82) is 0 Å². The molecule has 35 heavy (non-hydrogen) atoms. The van der Waals surface area contributed by atoms with Crippen molar-refractivity contribution in [1.82, 2.24) is 15.1 Å². The van der Waals surface area contributed by atoms with Gasteiger partial charge in [0, 0.05) is 44.7 Å². The Hall–Kier alpha value is -3.27. The van der Waals surface area contributed by atoms with Crippen LogP contribution >= 0.6 is 0 Å². The highest BCUT2D eigenvalue weighted by atomic mass is 16.4. The third kappa shape index (κ3) is 4.42. The van der Waals surface area contributed by atoms with Crippen LogP contribution in [0.15, 0.2) is 18.2 Å². The molecule has 4 heterocycles. The average Bonchev–Trinajstić information content (AvgIpc) is 3.05. The predicted molar refractivity (Wildman–Crippen MR) is 125 cm³/mol. The first-order valence-corrected chi connectivity index (χ1v) is 12.3. The molecule has 0 aromatic heterocycles. The first kappa shape index (κ1) is 23.5. The lowest BCUT2D eigenvalue weighted by molar-refractivity contribution is -0.138. The van der Waals surface area contributed by atoms with E-state index in [1.807, 2.05) is 6.07 Å². The maximum atomic E-state index is 13.1. The third-order valence-electron chi connectivity index (χ3n) is 7.85. The van der Waals surface area contributed by atoms with Crippen LogP contribution in [0.3, 0.4) is 0 Å². The maximum absolute atomic E-state index is 13.1. The highest BCUT2D eigenvalue weighted by molar-refractivity contribution is 6.23. The van der Waals surface area contributed by atoms with Crippen LogP contribution in [0.4, 0.5) is 5.69 Å². The van der Waals surface area contributed by atoms with E-state index in [-0.39, 0.29) is 25.2 Å². The van der Waals surface area contributed by atoms with E-state index < -0.39 is 29.7 Å². The summed E-state index contributed by atoms with van der Waals surface area (Å²) in [6.45, 7) is 4.77. The van der Waals surface area contributed by atoms with Gasteiger partial charge in [-0.15, -0.1) is 0 Å². The Morgan fingerprint density at radius 1 is 1.03 bits per heavy atom. The molecule has 2 N–H and O–H groups in total. The van der Waals surface area contributed by atoms with Gasteiger partial charge >= 0.3 is 5.97 Å². The number of rotatable bonds is 7. The van der Waals surface area contributed by atoms with Crippen LogP contribution in [0.1, 0.15) is 65.7 Å². The SMILES string of the molecule is O=C(O)CCCCN1CC2(CCN(c3ccc4c(c3)C(=O)N(C3CCC(=O)NC3=O)C4=O)CC2)C1. The van der Waals surface area contributed by atoms with Gasteiger partial charge in [-0.1, -0.05) is 0 Å². The molecule has 10 nitrogen and oxygen atoms in total. The van der Waals surface area contributed by atoms with E-state index in [1.54, 1.807) is 12.1 Å². The number of amides is 4. The second-order valence-electron chi connectivity index (χ2n) is 10.2. The van der Waals surface area contributed by atoms with Gasteiger partial charge in [0.1, 0.15) is 6.04 Å². The summed E-state index contributed by atoms with van der Waals surface area (Å²) in [7, 11) is 0. The quantitative estimate of drug-likeness (QED) is 0.439. The van der Waals surface area contributed by atoms with E-state index in [0.717, 1.165) is 62.6 Å². The number of unbranched alkanes of at least 4 members (excludes halogenated alkanes) is 1. The highest BCUT2D eigenvalue weighted by Gasteiger charge is 2.46. The maximum Gasteiger partial charge on any atom is 0.303 e. The number of nitrogens with one attached hydrogen (secondary N) is 1. The minimum atomic E-state index is -0.955. The predicted octanol–water partition coefficient (Wildman–Crippen LogP) is 1.24. The van der Waals surface area contributed by atoms with Crippen molar-refractivity contribution in [2.45, 2.75) is 51.0 Å². The standard InChI is InChI=1S/C25H30N4O6/c30-20-7-6-19(22(33)26-20)29-23(34)17-5-4-16(13-18(17)24(29)35)28-11-8-25(9-12-28)14-27(15-25)10-2-1-3-21(31)32/h4-5,13,19H,1-3,6-12,14-15H2,(H,31,32)(H,26,30,33). The third-order valence-corrected chi connectivity index (χ3v) is 7.85. The van der Waals surface area contributed by atoms with Crippen LogP contribution in [0, 0.1) is 5.41 Å². The molecule has 1 atom stereocenters. The second kappa shape index (κ2) is 9.07. The summed E-state index contributed by atoms with van der Waals surface area (Å²) in [5.41, 5.74) is 1.83. The van der Waals surface area contributed by atoms with Crippen LogP contribution in [-0.4, -0.2) is 83.3 Å². The zero-order chi connectivity index (χ0) is 24.7. The minimum absolute atomic E-state index is 0.102. The number of imide groups is 2. The first-order chi connectivity index (χ1) is 16.8. The Morgan fingerprint density at radius 2 is 1.74 bits per heavy atom. The molecule has 0 bridgehead atoms. The molecule has 0 saturated carbocycles. The van der Waals surface area contributed by atoms with E-state index in [0.29, 0.717) is 23.0 Å². The van der Waals surface area contributed by atoms with Crippen molar-refractivity contribution in [3.63, 3.8) is 0 Å². The number of hydrogen-bond acceptors (Lipinski definition) is 7. The molecular formula is C25H30N4O6. The Balaban J connectivity index is 1.18. The second-order valence-corrected chi connectivity index (χ2v) is 10.2. The summed E-state index contributed by atoms with van der Waals surface area (Å²) in [6, 6.07) is 4.34. The fraction of sp³-hybridized carbons (Fsp3) is 0.560. The van der Waals surface area contributed by atoms with Crippen LogP contribution in [0.25, 0.3) is 0 Å². The fourth-order valence-corrected chi connectivity index (χ4v) is 5.88. The number of hydrogen-bond donors (Lipinski definition) is 2. The Bertz CT molecular complexity index is 1090. The Labute approximate surface area is 203 Å². The molecule has 1 aromatic carbocycles. The molecular weight excluding hydrogens is 452 g/mol. The lowest BCUT2D eigenvalue weighted by Crippen LogP contribution is -2.60. The van der Waals surface area contributed by atoms with Crippen molar-refractivity contribution in [3.05, 3.63) is 29.3 Å². The van der Waals surface area contributed by atoms with Gasteiger partial charge in [0.15, 0.2) is 0 Å². The van der Waals surface area contributed by atoms with Gasteiger partial charge in [-0.2, -0.15) is 0 Å². The number of carbonyl (C=O) groups excluding carboxylic acids is 4. The normalized spacial score (nSPS) is 23.9. The summed E-state index contributed by atoms with van der Waals surface area (Å²) >= 11 is 0. The van der Waals surface area contributed by atoms with Gasteiger partial charge in [0.25, 0.3) is 11.8 Å². The zero-order valence-electron chi connectivity index (χ0n) is 19.6. The molecule has 1 aromatic rings. The molecule has 3 saturated heterocycles. The smallest absolute Gasteiger partial charge is 0.303 e. The van der Waals surface area contributed by atoms with Gasteiger partial charge in [0.05, 0.1) is 11.1 Å². The van der Waals surface area contributed by atoms with Gasteiger partial charge in [-0.3, -0.25) is 34.2 Å². The number of carbonyl (C=O) groups is 5. The number of nitrogens with zero attached hydrogens (tertiary/aromatic N) is 3. The molecule has 4 aliphatic rings. The summed E-state index contributed by atoms with van der Waals surface area (Å²) < 4.78 is 0. The molecule has 4 amide bonds. The summed E-state index contributed by atoms with van der Waals surface area (Å²) in [5, 5.41) is 11.0. The summed E-state index contributed by atoms with van der Waals surface area (Å²) in [6.07, 6.45) is 4.20. The Kier molecular flexibility index (Phi) is 6.08. The van der Waals surface area contributed by atoms with Crippen LogP contribution in [0.2, 0.25) is 0 Å². The van der Waals surface area contributed by atoms with E-state index in [9.17, 15) is 24.0 Å². The lowest BCUT2D eigenvalue weighted by atomic mass is 9.72. The number of fused-ring (bicyclic) bond motifs is 1. The van der Waals surface area contributed by atoms with Crippen LogP contribution in [0.5, 0.6) is 0 Å². The van der Waals surface area contributed by atoms with E-state index >= 15 is 0 Å². The van der Waals surface area contributed by atoms with Crippen LogP contribution < -0.4 is 10.2 Å². The molecule has 3 fully saturated rings. The van der Waals surface area contributed by atoms with Crippen molar-refractivity contribution in [3.8, 4) is 0 Å². The molecule has 4 aliphatic heterocycles. The molecule has 10 heteroatoms. The first-order valence-electron chi connectivity index (χ1n) is 12.3. The van der Waals surface area contributed by atoms with Crippen molar-refractivity contribution in [2.75, 3.05) is 37.6 Å². The average molecular weight is 483 g/mol. The fourth-order valence-electron chi connectivity index (χ4n) is 5.88. The number of likely N-dealkylation sites (tertiary alicyclic amines) is 1. The molecule has 5 rings (SSSR count). The van der Waals surface area contributed by atoms with Gasteiger partial charge in [0.2, 0.25) is 11.8 Å². The van der Waals surface area contributed by atoms with Gasteiger partial charge in [-0.05, 0) is 62.3 Å². The van der Waals surface area contributed by atoms with E-state index in [2.05, 4.69) is 15.1 Å². The van der Waals surface area contributed by atoms with Crippen LogP contribution in [-0.2, 0) is 14.4 Å². The van der Waals surface area contributed by atoms with Crippen molar-refractivity contribution >= 4 is 35.3 Å². The number of aliphatic carboxylic acids is 1. The number of carboxylic acids is 1. The molecule has 0 radical (unpaired) electrons. The number of anilines is 1. The van der Waals surface area contributed by atoms with E-state index in [1.165, 1.54) is 0 Å².